The minimum Gasteiger partial charge on any atom is -0.478 e. The van der Waals surface area contributed by atoms with E-state index >= 15 is 0 Å². The van der Waals surface area contributed by atoms with Crippen molar-refractivity contribution in [2.45, 2.75) is 117 Å². The Morgan fingerprint density at radius 1 is 0.727 bits per heavy atom. The molecule has 0 fully saturated rings. The van der Waals surface area contributed by atoms with Crippen molar-refractivity contribution in [3.8, 4) is 0 Å². The van der Waals surface area contributed by atoms with Gasteiger partial charge in [-0.25, -0.2) is 14.4 Å². The number of carbonyl (C=O) groups excluding carboxylic acids is 2. The van der Waals surface area contributed by atoms with Gasteiger partial charge in [-0.05, 0) is 72.1 Å². The molecule has 0 aliphatic heterocycles. The lowest BCUT2D eigenvalue weighted by atomic mass is 9.91. The van der Waals surface area contributed by atoms with Gasteiger partial charge in [-0.1, -0.05) is 51.9 Å². The highest BCUT2D eigenvalue weighted by atomic mass is 16.6. The molecule has 0 amide bonds. The standard InChI is InChI=1S/C27H42O6/c1-8-9-10-11-12-13-14-15-16-19-20(24(30)32-26(2,3)4)17-18-21(23(28)29)22(19)25(31)33-27(5,6)7/h17-18H,8-16H2,1-7H3,(H,28,29). The van der Waals surface area contributed by atoms with E-state index in [0.29, 0.717) is 12.0 Å². The van der Waals surface area contributed by atoms with Gasteiger partial charge in [-0.15, -0.1) is 0 Å². The van der Waals surface area contributed by atoms with Crippen LogP contribution in [0.1, 0.15) is 136 Å². The number of carbonyl (C=O) groups is 3. The van der Waals surface area contributed by atoms with Crippen LogP contribution in [0.3, 0.4) is 0 Å². The number of esters is 2. The fourth-order valence-corrected chi connectivity index (χ4v) is 3.61. The monoisotopic (exact) mass is 462 g/mol. The summed E-state index contributed by atoms with van der Waals surface area (Å²) in [5.74, 6) is -2.54. The highest BCUT2D eigenvalue weighted by molar-refractivity contribution is 6.06. The summed E-state index contributed by atoms with van der Waals surface area (Å²) in [4.78, 5) is 37.9. The number of unbranched alkanes of at least 4 members (excludes halogenated alkanes) is 7. The first-order valence-electron chi connectivity index (χ1n) is 12.1. The Morgan fingerprint density at radius 2 is 1.18 bits per heavy atom. The molecule has 0 atom stereocenters. The van der Waals surface area contributed by atoms with E-state index < -0.39 is 29.1 Å². The molecule has 1 aromatic rings. The second-order valence-electron chi connectivity index (χ2n) is 10.5. The predicted octanol–water partition coefficient (Wildman–Crippen LogP) is 6.98. The summed E-state index contributed by atoms with van der Waals surface area (Å²) in [6.45, 7) is 12.7. The van der Waals surface area contributed by atoms with Crippen LogP contribution in [0.25, 0.3) is 0 Å². The maximum Gasteiger partial charge on any atom is 0.339 e. The number of aromatic carboxylic acids is 1. The molecule has 0 heterocycles. The summed E-state index contributed by atoms with van der Waals surface area (Å²) < 4.78 is 11.1. The van der Waals surface area contributed by atoms with Crippen molar-refractivity contribution in [3.05, 3.63) is 34.4 Å². The van der Waals surface area contributed by atoms with Crippen LogP contribution in [0.2, 0.25) is 0 Å². The van der Waals surface area contributed by atoms with Gasteiger partial charge in [0, 0.05) is 0 Å². The van der Waals surface area contributed by atoms with Gasteiger partial charge in [0.05, 0.1) is 16.7 Å². The van der Waals surface area contributed by atoms with Crippen LogP contribution in [-0.2, 0) is 15.9 Å². The summed E-state index contributed by atoms with van der Waals surface area (Å²) >= 11 is 0. The second kappa shape index (κ2) is 12.8. The van der Waals surface area contributed by atoms with Crippen LogP contribution in [0.15, 0.2) is 12.1 Å². The van der Waals surface area contributed by atoms with Gasteiger partial charge in [0.25, 0.3) is 0 Å². The maximum absolute atomic E-state index is 13.1. The lowest BCUT2D eigenvalue weighted by Gasteiger charge is -2.24. The number of hydrogen-bond acceptors (Lipinski definition) is 5. The van der Waals surface area contributed by atoms with Crippen LogP contribution < -0.4 is 0 Å². The van der Waals surface area contributed by atoms with E-state index in [-0.39, 0.29) is 16.7 Å². The van der Waals surface area contributed by atoms with E-state index in [1.807, 2.05) is 0 Å². The van der Waals surface area contributed by atoms with Crippen LogP contribution in [0, 0.1) is 0 Å². The van der Waals surface area contributed by atoms with Crippen molar-refractivity contribution in [1.82, 2.24) is 0 Å². The Morgan fingerprint density at radius 3 is 1.67 bits per heavy atom. The van der Waals surface area contributed by atoms with Crippen molar-refractivity contribution in [2.24, 2.45) is 0 Å². The fourth-order valence-electron chi connectivity index (χ4n) is 3.61. The zero-order chi connectivity index (χ0) is 25.2. The summed E-state index contributed by atoms with van der Waals surface area (Å²) in [6.07, 6.45) is 9.18. The molecule has 0 saturated carbocycles. The molecule has 0 saturated heterocycles. The van der Waals surface area contributed by atoms with E-state index in [1.165, 1.54) is 37.8 Å². The van der Waals surface area contributed by atoms with Crippen LogP contribution in [0.5, 0.6) is 0 Å². The Bertz CT molecular complexity index is 811. The first kappa shape index (κ1) is 28.7. The molecule has 0 spiro atoms. The third kappa shape index (κ3) is 10.4. The molecule has 0 aromatic heterocycles. The Kier molecular flexibility index (Phi) is 11.1. The average Bonchev–Trinajstić information content (AvgIpc) is 2.66. The number of carboxylic acid groups (broad SMARTS) is 1. The average molecular weight is 463 g/mol. The second-order valence-corrected chi connectivity index (χ2v) is 10.5. The SMILES string of the molecule is CCCCCCCCCCc1c(C(=O)OC(C)(C)C)ccc(C(=O)O)c1C(=O)OC(C)(C)C. The lowest BCUT2D eigenvalue weighted by Crippen LogP contribution is -2.28. The molecule has 1 N–H and O–H groups in total. The van der Waals surface area contributed by atoms with E-state index in [2.05, 4.69) is 6.92 Å². The molecule has 0 radical (unpaired) electrons. The van der Waals surface area contributed by atoms with Gasteiger partial charge in [-0.3, -0.25) is 0 Å². The quantitative estimate of drug-likeness (QED) is 0.266. The summed E-state index contributed by atoms with van der Waals surface area (Å²) in [5, 5.41) is 9.74. The predicted molar refractivity (Wildman–Crippen MR) is 130 cm³/mol. The highest BCUT2D eigenvalue weighted by Crippen LogP contribution is 2.27. The Balaban J connectivity index is 3.26. The smallest absolute Gasteiger partial charge is 0.339 e. The lowest BCUT2D eigenvalue weighted by molar-refractivity contribution is 0.00644. The highest BCUT2D eigenvalue weighted by Gasteiger charge is 2.30. The maximum atomic E-state index is 13.1. The summed E-state index contributed by atoms with van der Waals surface area (Å²) in [7, 11) is 0. The van der Waals surface area contributed by atoms with Gasteiger partial charge >= 0.3 is 17.9 Å². The Hall–Kier alpha value is -2.37. The zero-order valence-corrected chi connectivity index (χ0v) is 21.5. The molecule has 6 nitrogen and oxygen atoms in total. The first-order chi connectivity index (χ1) is 15.3. The molecule has 33 heavy (non-hydrogen) atoms. The van der Waals surface area contributed by atoms with Gasteiger partial charge in [0.1, 0.15) is 11.2 Å². The van der Waals surface area contributed by atoms with Gasteiger partial charge in [-0.2, -0.15) is 0 Å². The van der Waals surface area contributed by atoms with Gasteiger partial charge in [0.2, 0.25) is 0 Å². The third-order valence-electron chi connectivity index (χ3n) is 5.05. The van der Waals surface area contributed by atoms with Crippen molar-refractivity contribution < 1.29 is 29.0 Å². The largest absolute Gasteiger partial charge is 0.478 e. The number of rotatable bonds is 12. The van der Waals surface area contributed by atoms with Crippen LogP contribution in [-0.4, -0.2) is 34.2 Å². The molecular weight excluding hydrogens is 420 g/mol. The molecular formula is C27H42O6. The summed E-state index contributed by atoms with van der Waals surface area (Å²) in [5.41, 5.74) is -1.12. The molecule has 6 heteroatoms. The van der Waals surface area contributed by atoms with E-state index in [0.717, 1.165) is 25.7 Å². The minimum atomic E-state index is -1.23. The van der Waals surface area contributed by atoms with Crippen molar-refractivity contribution >= 4 is 17.9 Å². The number of hydrogen-bond donors (Lipinski definition) is 1. The van der Waals surface area contributed by atoms with Gasteiger partial charge in [0.15, 0.2) is 0 Å². The zero-order valence-electron chi connectivity index (χ0n) is 21.5. The normalized spacial score (nSPS) is 11.8. The summed E-state index contributed by atoms with van der Waals surface area (Å²) in [6, 6.07) is 2.74. The minimum absolute atomic E-state index is 0.0521. The molecule has 0 aliphatic carbocycles. The van der Waals surface area contributed by atoms with E-state index in [9.17, 15) is 19.5 Å². The van der Waals surface area contributed by atoms with E-state index in [4.69, 9.17) is 9.47 Å². The molecule has 0 unspecified atom stereocenters. The molecule has 0 aliphatic rings. The molecule has 1 aromatic carbocycles. The van der Waals surface area contributed by atoms with Crippen LogP contribution in [0.4, 0.5) is 0 Å². The molecule has 0 bridgehead atoms. The third-order valence-corrected chi connectivity index (χ3v) is 5.05. The van der Waals surface area contributed by atoms with E-state index in [1.54, 1.807) is 41.5 Å². The molecule has 186 valence electrons. The number of benzene rings is 1. The number of carboxylic acids is 1. The molecule has 1 rings (SSSR count). The topological polar surface area (TPSA) is 89.9 Å². The fraction of sp³-hybridized carbons (Fsp3) is 0.667. The number of ether oxygens (including phenoxy) is 2. The Labute approximate surface area is 199 Å². The van der Waals surface area contributed by atoms with Crippen LogP contribution >= 0.6 is 0 Å². The first-order valence-corrected chi connectivity index (χ1v) is 12.1. The van der Waals surface area contributed by atoms with Gasteiger partial charge < -0.3 is 14.6 Å². The van der Waals surface area contributed by atoms with Crippen molar-refractivity contribution in [3.63, 3.8) is 0 Å². The van der Waals surface area contributed by atoms with Crippen molar-refractivity contribution in [2.75, 3.05) is 0 Å². The van der Waals surface area contributed by atoms with Crippen molar-refractivity contribution in [1.29, 1.82) is 0 Å².